The average molecular weight is 358 g/mol. The van der Waals surface area contributed by atoms with Crippen LogP contribution in [-0.2, 0) is 4.79 Å². The topological polar surface area (TPSA) is 85.2 Å². The van der Waals surface area contributed by atoms with Crippen molar-refractivity contribution in [1.29, 1.82) is 5.26 Å². The van der Waals surface area contributed by atoms with Crippen molar-refractivity contribution in [2.45, 2.75) is 19.4 Å². The van der Waals surface area contributed by atoms with Crippen molar-refractivity contribution in [1.82, 2.24) is 10.6 Å². The van der Waals surface area contributed by atoms with Crippen LogP contribution < -0.4 is 15.5 Å². The number of aryl methyl sites for hydroxylation is 1. The highest BCUT2D eigenvalue weighted by Gasteiger charge is 2.39. The summed E-state index contributed by atoms with van der Waals surface area (Å²) in [6.45, 7) is 2.46. The van der Waals surface area contributed by atoms with Crippen molar-refractivity contribution < 1.29 is 9.59 Å². The molecule has 2 aliphatic rings. The molecule has 6 heteroatoms. The van der Waals surface area contributed by atoms with Crippen LogP contribution in [-0.4, -0.2) is 18.5 Å². The first-order valence-corrected chi connectivity index (χ1v) is 8.77. The fourth-order valence-corrected chi connectivity index (χ4v) is 3.61. The summed E-state index contributed by atoms with van der Waals surface area (Å²) in [5, 5.41) is 14.8. The van der Waals surface area contributed by atoms with Gasteiger partial charge in [0.2, 0.25) is 0 Å². The average Bonchev–Trinajstić information content (AvgIpc) is 2.67. The highest BCUT2D eigenvalue weighted by Crippen LogP contribution is 2.36. The Morgan fingerprint density at radius 3 is 2.63 bits per heavy atom. The fraction of sp³-hybridized carbons (Fsp3) is 0.190. The molecule has 6 nitrogen and oxygen atoms in total. The van der Waals surface area contributed by atoms with Gasteiger partial charge in [-0.3, -0.25) is 9.69 Å². The van der Waals surface area contributed by atoms with Gasteiger partial charge in [0.15, 0.2) is 0 Å². The zero-order chi connectivity index (χ0) is 19.0. The van der Waals surface area contributed by atoms with Gasteiger partial charge in [-0.1, -0.05) is 24.3 Å². The summed E-state index contributed by atoms with van der Waals surface area (Å²) < 4.78 is 0. The van der Waals surface area contributed by atoms with E-state index in [4.69, 9.17) is 5.26 Å². The molecule has 134 valence electrons. The summed E-state index contributed by atoms with van der Waals surface area (Å²) in [6, 6.07) is 15.9. The normalized spacial score (nSPS) is 19.1. The van der Waals surface area contributed by atoms with Gasteiger partial charge < -0.3 is 10.6 Å². The van der Waals surface area contributed by atoms with Crippen molar-refractivity contribution in [2.75, 3.05) is 11.4 Å². The van der Waals surface area contributed by atoms with Gasteiger partial charge in [-0.15, -0.1) is 0 Å². The molecule has 3 amide bonds. The lowest BCUT2D eigenvalue weighted by molar-refractivity contribution is -0.118. The molecule has 2 aliphatic heterocycles. The maximum atomic E-state index is 13.0. The minimum atomic E-state index is -0.540. The fourth-order valence-electron chi connectivity index (χ4n) is 3.61. The maximum Gasteiger partial charge on any atom is 0.327 e. The van der Waals surface area contributed by atoms with Crippen LogP contribution in [0.2, 0.25) is 0 Å². The van der Waals surface area contributed by atoms with Crippen LogP contribution in [0.3, 0.4) is 0 Å². The van der Waals surface area contributed by atoms with Gasteiger partial charge in [-0.25, -0.2) is 4.79 Å². The zero-order valence-electron chi connectivity index (χ0n) is 14.8. The molecule has 0 bridgehead atoms. The number of carbonyl (C=O) groups excluding carboxylic acids is 2. The van der Waals surface area contributed by atoms with Gasteiger partial charge in [0.1, 0.15) is 0 Å². The van der Waals surface area contributed by atoms with Crippen molar-refractivity contribution in [3.05, 3.63) is 76.5 Å². The Hall–Kier alpha value is -3.59. The second kappa shape index (κ2) is 6.61. The quantitative estimate of drug-likeness (QED) is 0.866. The zero-order valence-corrected chi connectivity index (χ0v) is 14.8. The number of hydrogen-bond acceptors (Lipinski definition) is 3. The van der Waals surface area contributed by atoms with Crippen molar-refractivity contribution in [3.8, 4) is 6.07 Å². The molecular weight excluding hydrogens is 340 g/mol. The Morgan fingerprint density at radius 2 is 1.93 bits per heavy atom. The van der Waals surface area contributed by atoms with E-state index in [1.54, 1.807) is 29.2 Å². The molecule has 2 N–H and O–H groups in total. The maximum absolute atomic E-state index is 13.0. The third-order valence-electron chi connectivity index (χ3n) is 4.87. The number of nitriles is 1. The number of carbonyl (C=O) groups is 2. The van der Waals surface area contributed by atoms with Gasteiger partial charge in [0, 0.05) is 18.7 Å². The Balaban J connectivity index is 1.84. The number of rotatable bonds is 2. The molecule has 0 aliphatic carbocycles. The van der Waals surface area contributed by atoms with E-state index in [9.17, 15) is 9.59 Å². The SMILES string of the molecule is Cc1cccc(N2C(=O)NC(c3ccc(C#N)cc3)C3=C2CCNC3=O)c1. The third kappa shape index (κ3) is 2.93. The summed E-state index contributed by atoms with van der Waals surface area (Å²) in [5.74, 6) is -0.178. The largest absolute Gasteiger partial charge is 0.352 e. The number of amides is 3. The van der Waals surface area contributed by atoms with E-state index in [0.717, 1.165) is 22.5 Å². The number of nitrogens with zero attached hydrogens (tertiary/aromatic N) is 2. The van der Waals surface area contributed by atoms with Gasteiger partial charge in [-0.05, 0) is 42.3 Å². The summed E-state index contributed by atoms with van der Waals surface area (Å²) >= 11 is 0. The second-order valence-electron chi connectivity index (χ2n) is 6.66. The first-order chi connectivity index (χ1) is 13.1. The third-order valence-corrected chi connectivity index (χ3v) is 4.87. The first kappa shape index (κ1) is 16.9. The van der Waals surface area contributed by atoms with Crippen molar-refractivity contribution in [2.24, 2.45) is 0 Å². The molecule has 0 fully saturated rings. The van der Waals surface area contributed by atoms with E-state index in [2.05, 4.69) is 16.7 Å². The highest BCUT2D eigenvalue weighted by atomic mass is 16.2. The summed E-state index contributed by atoms with van der Waals surface area (Å²) in [5.41, 5.74) is 4.36. The predicted molar refractivity (Wildman–Crippen MR) is 101 cm³/mol. The Bertz CT molecular complexity index is 1000. The first-order valence-electron chi connectivity index (χ1n) is 8.77. The Kier molecular flexibility index (Phi) is 4.13. The van der Waals surface area contributed by atoms with Gasteiger partial charge in [-0.2, -0.15) is 5.26 Å². The van der Waals surface area contributed by atoms with E-state index < -0.39 is 6.04 Å². The summed E-state index contributed by atoms with van der Waals surface area (Å²) in [4.78, 5) is 27.3. The Labute approximate surface area is 157 Å². The van der Waals surface area contributed by atoms with Crippen LogP contribution in [0.5, 0.6) is 0 Å². The minimum Gasteiger partial charge on any atom is -0.352 e. The van der Waals surface area contributed by atoms with Crippen molar-refractivity contribution in [3.63, 3.8) is 0 Å². The monoisotopic (exact) mass is 358 g/mol. The van der Waals surface area contributed by atoms with E-state index >= 15 is 0 Å². The lowest BCUT2D eigenvalue weighted by atomic mass is 9.90. The van der Waals surface area contributed by atoms with E-state index in [1.165, 1.54) is 0 Å². The van der Waals surface area contributed by atoms with Crippen LogP contribution in [0.25, 0.3) is 0 Å². The molecular formula is C21H18N4O2. The number of anilines is 1. The molecule has 27 heavy (non-hydrogen) atoms. The number of benzene rings is 2. The smallest absolute Gasteiger partial charge is 0.327 e. The lowest BCUT2D eigenvalue weighted by Crippen LogP contribution is -2.52. The van der Waals surface area contributed by atoms with Gasteiger partial charge >= 0.3 is 6.03 Å². The molecule has 0 saturated carbocycles. The number of nitrogens with one attached hydrogen (secondary N) is 2. The molecule has 0 aromatic heterocycles. The highest BCUT2D eigenvalue weighted by molar-refractivity contribution is 6.05. The van der Waals surface area contributed by atoms with Gasteiger partial charge in [0.05, 0.1) is 28.9 Å². The second-order valence-corrected chi connectivity index (χ2v) is 6.66. The minimum absolute atomic E-state index is 0.178. The van der Waals surface area contributed by atoms with Crippen LogP contribution in [0, 0.1) is 18.3 Å². The van der Waals surface area contributed by atoms with Crippen molar-refractivity contribution >= 4 is 17.6 Å². The number of urea groups is 1. The predicted octanol–water partition coefficient (Wildman–Crippen LogP) is 2.91. The van der Waals surface area contributed by atoms with Gasteiger partial charge in [0.25, 0.3) is 5.91 Å². The van der Waals surface area contributed by atoms with Crippen LogP contribution in [0.15, 0.2) is 59.8 Å². The van der Waals surface area contributed by atoms with E-state index in [-0.39, 0.29) is 11.9 Å². The summed E-state index contributed by atoms with van der Waals surface area (Å²) in [7, 11) is 0. The standard InChI is InChI=1S/C21H18N4O2/c1-13-3-2-4-16(11-13)25-17-9-10-23-20(26)18(17)19(24-21(25)27)15-7-5-14(12-22)6-8-15/h2-8,11,19H,9-10H2,1H3,(H,23,26)(H,24,27). The van der Waals surface area contributed by atoms with Crippen LogP contribution in [0.1, 0.15) is 29.2 Å². The van der Waals surface area contributed by atoms with Crippen LogP contribution >= 0.6 is 0 Å². The molecule has 0 spiro atoms. The molecule has 2 aromatic carbocycles. The summed E-state index contributed by atoms with van der Waals surface area (Å²) in [6.07, 6.45) is 0.579. The molecule has 4 rings (SSSR count). The number of hydrogen-bond donors (Lipinski definition) is 2. The Morgan fingerprint density at radius 1 is 1.15 bits per heavy atom. The lowest BCUT2D eigenvalue weighted by Gasteiger charge is -2.39. The molecule has 1 unspecified atom stereocenters. The molecule has 0 saturated heterocycles. The molecule has 2 aromatic rings. The molecule has 2 heterocycles. The molecule has 1 atom stereocenters. The van der Waals surface area contributed by atoms with Crippen LogP contribution in [0.4, 0.5) is 10.5 Å². The molecule has 0 radical (unpaired) electrons. The van der Waals surface area contributed by atoms with E-state index in [0.29, 0.717) is 24.1 Å². The van der Waals surface area contributed by atoms with E-state index in [1.807, 2.05) is 31.2 Å².